The maximum atomic E-state index is 5.06. The number of rotatable bonds is 2. The smallest absolute Gasteiger partial charge is 0.137 e. The number of ether oxygens (including phenoxy) is 1. The number of aromatic nitrogens is 1. The van der Waals surface area contributed by atoms with E-state index in [9.17, 15) is 0 Å². The molecule has 0 fully saturated rings. The molecule has 1 aliphatic heterocycles. The van der Waals surface area contributed by atoms with Gasteiger partial charge in [0.2, 0.25) is 0 Å². The predicted molar refractivity (Wildman–Crippen MR) is 56.3 cm³/mol. The fraction of sp³-hybridized carbons (Fsp3) is 0.364. The van der Waals surface area contributed by atoms with Gasteiger partial charge in [0.1, 0.15) is 5.75 Å². The second-order valence-electron chi connectivity index (χ2n) is 3.27. The number of hydrogen-bond acceptors (Lipinski definition) is 3. The van der Waals surface area contributed by atoms with Gasteiger partial charge >= 0.3 is 0 Å². The molecule has 3 nitrogen and oxygen atoms in total. The van der Waals surface area contributed by atoms with Gasteiger partial charge in [0.15, 0.2) is 0 Å². The largest absolute Gasteiger partial charge is 0.495 e. The summed E-state index contributed by atoms with van der Waals surface area (Å²) in [6.07, 6.45) is 5.01. The molecule has 0 bridgehead atoms. The van der Waals surface area contributed by atoms with Crippen LogP contribution in [0, 0.1) is 0 Å². The first-order valence-corrected chi connectivity index (χ1v) is 4.80. The third-order valence-electron chi connectivity index (χ3n) is 2.36. The zero-order valence-corrected chi connectivity index (χ0v) is 8.29. The van der Waals surface area contributed by atoms with E-state index < -0.39 is 0 Å². The lowest BCUT2D eigenvalue weighted by atomic mass is 10.1. The summed E-state index contributed by atoms with van der Waals surface area (Å²) in [7, 11) is 1.65. The van der Waals surface area contributed by atoms with Gasteiger partial charge in [0.05, 0.1) is 19.0 Å². The molecule has 0 atom stereocenters. The van der Waals surface area contributed by atoms with Crippen molar-refractivity contribution in [3.63, 3.8) is 0 Å². The molecule has 1 aromatic rings. The number of methoxy groups -OCH3 is 1. The number of hydrogen-bond donors (Lipinski definition) is 1. The summed E-state index contributed by atoms with van der Waals surface area (Å²) < 4.78 is 5.06. The van der Waals surface area contributed by atoms with Crippen LogP contribution in [-0.2, 0) is 0 Å². The molecule has 0 saturated carbocycles. The van der Waals surface area contributed by atoms with Crippen molar-refractivity contribution < 1.29 is 4.74 Å². The average molecular weight is 190 g/mol. The van der Waals surface area contributed by atoms with Gasteiger partial charge in [-0.05, 0) is 30.7 Å². The van der Waals surface area contributed by atoms with Gasteiger partial charge in [-0.2, -0.15) is 0 Å². The molecule has 0 unspecified atom stereocenters. The Morgan fingerprint density at radius 3 is 2.93 bits per heavy atom. The summed E-state index contributed by atoms with van der Waals surface area (Å²) in [6.45, 7) is 1.99. The number of pyridine rings is 1. The zero-order chi connectivity index (χ0) is 9.80. The fourth-order valence-corrected chi connectivity index (χ4v) is 1.55. The number of nitrogens with one attached hydrogen (secondary N) is 1. The molecule has 0 aromatic carbocycles. The fourth-order valence-electron chi connectivity index (χ4n) is 1.55. The second kappa shape index (κ2) is 4.24. The van der Waals surface area contributed by atoms with Gasteiger partial charge < -0.3 is 10.1 Å². The van der Waals surface area contributed by atoms with E-state index >= 15 is 0 Å². The van der Waals surface area contributed by atoms with Crippen molar-refractivity contribution in [3.05, 3.63) is 30.1 Å². The van der Waals surface area contributed by atoms with Crippen LogP contribution in [-0.4, -0.2) is 25.2 Å². The summed E-state index contributed by atoms with van der Waals surface area (Å²) in [5.41, 5.74) is 2.39. The van der Waals surface area contributed by atoms with Crippen molar-refractivity contribution in [3.8, 4) is 5.75 Å². The molecular formula is C11H14N2O. The lowest BCUT2D eigenvalue weighted by Crippen LogP contribution is -2.20. The van der Waals surface area contributed by atoms with E-state index in [1.54, 1.807) is 13.3 Å². The van der Waals surface area contributed by atoms with Gasteiger partial charge in [-0.15, -0.1) is 0 Å². The minimum Gasteiger partial charge on any atom is -0.495 e. The van der Waals surface area contributed by atoms with Gasteiger partial charge in [0, 0.05) is 6.54 Å². The van der Waals surface area contributed by atoms with Crippen LogP contribution in [0.25, 0.3) is 5.57 Å². The topological polar surface area (TPSA) is 34.1 Å². The van der Waals surface area contributed by atoms with Crippen LogP contribution in [0.2, 0.25) is 0 Å². The van der Waals surface area contributed by atoms with Crippen LogP contribution >= 0.6 is 0 Å². The highest BCUT2D eigenvalue weighted by molar-refractivity contribution is 5.63. The van der Waals surface area contributed by atoms with E-state index in [-0.39, 0.29) is 0 Å². The summed E-state index contributed by atoms with van der Waals surface area (Å²) in [5, 5.41) is 3.28. The third-order valence-corrected chi connectivity index (χ3v) is 2.36. The first-order valence-electron chi connectivity index (χ1n) is 4.80. The Hall–Kier alpha value is -1.35. The molecule has 0 aliphatic carbocycles. The van der Waals surface area contributed by atoms with E-state index in [0.717, 1.165) is 31.0 Å². The van der Waals surface area contributed by atoms with Crippen LogP contribution in [0.5, 0.6) is 5.75 Å². The average Bonchev–Trinajstić information content (AvgIpc) is 2.30. The predicted octanol–water partition coefficient (Wildman–Crippen LogP) is 1.47. The van der Waals surface area contributed by atoms with Gasteiger partial charge in [-0.1, -0.05) is 6.08 Å². The van der Waals surface area contributed by atoms with Crippen molar-refractivity contribution >= 4 is 5.57 Å². The molecule has 1 aliphatic rings. The van der Waals surface area contributed by atoms with Gasteiger partial charge in [0.25, 0.3) is 0 Å². The Labute approximate surface area is 83.8 Å². The van der Waals surface area contributed by atoms with Crippen LogP contribution in [0.3, 0.4) is 0 Å². The van der Waals surface area contributed by atoms with E-state index in [1.807, 2.05) is 12.1 Å². The molecule has 14 heavy (non-hydrogen) atoms. The lowest BCUT2D eigenvalue weighted by Gasteiger charge is -2.13. The van der Waals surface area contributed by atoms with Crippen molar-refractivity contribution in [1.29, 1.82) is 0 Å². The Morgan fingerprint density at radius 2 is 2.36 bits per heavy atom. The summed E-state index contributed by atoms with van der Waals surface area (Å²) >= 11 is 0. The SMILES string of the molecule is COc1ccc(C2=CCNCC2)nc1. The Morgan fingerprint density at radius 1 is 1.43 bits per heavy atom. The summed E-state index contributed by atoms with van der Waals surface area (Å²) in [6, 6.07) is 3.96. The molecule has 74 valence electrons. The molecule has 0 radical (unpaired) electrons. The van der Waals surface area contributed by atoms with Crippen LogP contribution < -0.4 is 10.1 Å². The first-order chi connectivity index (χ1) is 6.90. The van der Waals surface area contributed by atoms with E-state index in [0.29, 0.717) is 0 Å². The molecular weight excluding hydrogens is 176 g/mol. The van der Waals surface area contributed by atoms with Crippen LogP contribution in [0.15, 0.2) is 24.4 Å². The molecule has 1 aromatic heterocycles. The quantitative estimate of drug-likeness (QED) is 0.766. The van der Waals surface area contributed by atoms with Crippen LogP contribution in [0.1, 0.15) is 12.1 Å². The number of nitrogens with zero attached hydrogens (tertiary/aromatic N) is 1. The summed E-state index contributed by atoms with van der Waals surface area (Å²) in [5.74, 6) is 0.809. The standard InChI is InChI=1S/C11H14N2O/c1-14-10-2-3-11(13-8-10)9-4-6-12-7-5-9/h2-4,8,12H,5-7H2,1H3. The Bertz CT molecular complexity index is 330. The van der Waals surface area contributed by atoms with Crippen molar-refractivity contribution in [1.82, 2.24) is 10.3 Å². The molecule has 0 saturated heterocycles. The molecule has 0 amide bonds. The highest BCUT2D eigenvalue weighted by Gasteiger charge is 2.06. The third kappa shape index (κ3) is 1.93. The van der Waals surface area contributed by atoms with Crippen molar-refractivity contribution in [2.24, 2.45) is 0 Å². The second-order valence-corrected chi connectivity index (χ2v) is 3.27. The van der Waals surface area contributed by atoms with Gasteiger partial charge in [-0.25, -0.2) is 0 Å². The molecule has 2 rings (SSSR count). The van der Waals surface area contributed by atoms with E-state index in [1.165, 1.54) is 5.57 Å². The Kier molecular flexibility index (Phi) is 2.79. The highest BCUT2D eigenvalue weighted by atomic mass is 16.5. The zero-order valence-electron chi connectivity index (χ0n) is 8.29. The lowest BCUT2D eigenvalue weighted by molar-refractivity contribution is 0.413. The maximum Gasteiger partial charge on any atom is 0.137 e. The van der Waals surface area contributed by atoms with Crippen molar-refractivity contribution in [2.75, 3.05) is 20.2 Å². The van der Waals surface area contributed by atoms with E-state index in [4.69, 9.17) is 4.74 Å². The minimum absolute atomic E-state index is 0.809. The Balaban J connectivity index is 2.19. The highest BCUT2D eigenvalue weighted by Crippen LogP contribution is 2.19. The monoisotopic (exact) mass is 190 g/mol. The maximum absolute atomic E-state index is 5.06. The van der Waals surface area contributed by atoms with Crippen molar-refractivity contribution in [2.45, 2.75) is 6.42 Å². The summed E-state index contributed by atoms with van der Waals surface area (Å²) in [4.78, 5) is 4.35. The normalized spacial score (nSPS) is 16.2. The van der Waals surface area contributed by atoms with Gasteiger partial charge in [-0.3, -0.25) is 4.98 Å². The first kappa shape index (κ1) is 9.21. The molecule has 3 heteroatoms. The molecule has 0 spiro atoms. The minimum atomic E-state index is 0.809. The van der Waals surface area contributed by atoms with Crippen LogP contribution in [0.4, 0.5) is 0 Å². The molecule has 2 heterocycles. The molecule has 1 N–H and O–H groups in total. The van der Waals surface area contributed by atoms with E-state index in [2.05, 4.69) is 16.4 Å².